The van der Waals surface area contributed by atoms with Gasteiger partial charge >= 0.3 is 0 Å². The Labute approximate surface area is 208 Å². The van der Waals surface area contributed by atoms with Crippen molar-refractivity contribution in [3.8, 4) is 0 Å². The van der Waals surface area contributed by atoms with E-state index in [1.54, 1.807) is 0 Å². The molecule has 0 radical (unpaired) electrons. The first-order valence-corrected chi connectivity index (χ1v) is 13.4. The molecule has 0 heterocycles. The van der Waals surface area contributed by atoms with Crippen LogP contribution in [0.15, 0.2) is 0 Å². The first kappa shape index (κ1) is 29.2. The summed E-state index contributed by atoms with van der Waals surface area (Å²) in [6.45, 7) is 0.959. The van der Waals surface area contributed by atoms with Crippen molar-refractivity contribution in [1.29, 1.82) is 0 Å². The fourth-order valence-corrected chi connectivity index (χ4v) is 8.09. The molecular weight excluding hydrogens is 456 g/mol. The molecule has 0 aromatic carbocycles. The Bertz CT molecular complexity index is 523. The van der Waals surface area contributed by atoms with Crippen LogP contribution in [0.3, 0.4) is 0 Å². The summed E-state index contributed by atoms with van der Waals surface area (Å²) in [6, 6.07) is 0. The molecule has 0 aliphatic heterocycles. The molecule has 3 aliphatic carbocycles. The largest absolute Gasteiger partial charge is 0.396 e. The molecule has 6 atom stereocenters. The van der Waals surface area contributed by atoms with Gasteiger partial charge in [0.2, 0.25) is 0 Å². The van der Waals surface area contributed by atoms with Crippen LogP contribution in [0.1, 0.15) is 45.4 Å². The zero-order valence-corrected chi connectivity index (χ0v) is 20.9. The third kappa shape index (κ3) is 5.59. The Morgan fingerprint density at radius 3 is 0.743 bits per heavy atom. The summed E-state index contributed by atoms with van der Waals surface area (Å²) in [5, 5.41) is 92.3. The zero-order chi connectivity index (χ0) is 25.9. The van der Waals surface area contributed by atoms with Crippen LogP contribution in [0, 0.1) is 58.7 Å². The minimum atomic E-state index is -0.808. The standard InChI is InChI=1S/C26H48O9/c1-26(20-2-14(8-27)23(33)15(3-20)9-28,21-4-16(10-29)24(34)17(5-21)11-30)22-6-18(12-31)25(35)19(7-22)13-32/h14-25,27-35H,2-13H2,1H3. The third-order valence-corrected chi connectivity index (χ3v) is 10.5. The average molecular weight is 505 g/mol. The van der Waals surface area contributed by atoms with Gasteiger partial charge < -0.3 is 46.0 Å². The molecular formula is C26H48O9. The van der Waals surface area contributed by atoms with Crippen molar-refractivity contribution in [3.63, 3.8) is 0 Å². The summed E-state index contributed by atoms with van der Waals surface area (Å²) in [5.74, 6) is -2.39. The van der Waals surface area contributed by atoms with Gasteiger partial charge in [-0.2, -0.15) is 0 Å². The minimum absolute atomic E-state index is 0.0157. The highest BCUT2D eigenvalue weighted by Gasteiger charge is 2.55. The predicted molar refractivity (Wildman–Crippen MR) is 128 cm³/mol. The third-order valence-electron chi connectivity index (χ3n) is 10.5. The van der Waals surface area contributed by atoms with Gasteiger partial charge in [-0.05, 0) is 61.7 Å². The highest BCUT2D eigenvalue weighted by Crippen LogP contribution is 2.59. The van der Waals surface area contributed by atoms with Crippen molar-refractivity contribution in [2.24, 2.45) is 58.7 Å². The lowest BCUT2D eigenvalue weighted by molar-refractivity contribution is -0.150. The van der Waals surface area contributed by atoms with Crippen LogP contribution in [0.25, 0.3) is 0 Å². The van der Waals surface area contributed by atoms with Crippen LogP contribution in [-0.4, -0.2) is 104 Å². The van der Waals surface area contributed by atoms with Gasteiger partial charge in [-0.15, -0.1) is 0 Å². The quantitative estimate of drug-likeness (QED) is 0.189. The van der Waals surface area contributed by atoms with Crippen LogP contribution in [0.5, 0.6) is 0 Å². The molecule has 3 aliphatic rings. The number of aliphatic hydroxyl groups is 9. The molecule has 0 saturated heterocycles. The maximum atomic E-state index is 10.7. The second kappa shape index (κ2) is 12.5. The van der Waals surface area contributed by atoms with Gasteiger partial charge in [-0.3, -0.25) is 0 Å². The lowest BCUT2D eigenvalue weighted by Crippen LogP contribution is -2.56. The second-order valence-corrected chi connectivity index (χ2v) is 12.0. The minimum Gasteiger partial charge on any atom is -0.396 e. The lowest BCUT2D eigenvalue weighted by Gasteiger charge is -2.58. The van der Waals surface area contributed by atoms with E-state index in [1.807, 2.05) is 0 Å². The van der Waals surface area contributed by atoms with Crippen LogP contribution in [0.4, 0.5) is 0 Å². The van der Waals surface area contributed by atoms with Gasteiger partial charge in [0.15, 0.2) is 0 Å². The zero-order valence-electron chi connectivity index (χ0n) is 20.9. The van der Waals surface area contributed by atoms with Crippen molar-refractivity contribution in [3.05, 3.63) is 0 Å². The van der Waals surface area contributed by atoms with E-state index >= 15 is 0 Å². The highest BCUT2D eigenvalue weighted by atomic mass is 16.3. The molecule has 206 valence electrons. The number of hydrogen-bond acceptors (Lipinski definition) is 9. The van der Waals surface area contributed by atoms with Crippen molar-refractivity contribution < 1.29 is 46.0 Å². The fourth-order valence-electron chi connectivity index (χ4n) is 8.09. The van der Waals surface area contributed by atoms with Gasteiger partial charge in [0.25, 0.3) is 0 Å². The maximum Gasteiger partial charge on any atom is 0.0640 e. The molecule has 0 bridgehead atoms. The number of hydrogen-bond donors (Lipinski definition) is 9. The Morgan fingerprint density at radius 1 is 0.429 bits per heavy atom. The molecule has 0 amide bonds. The van der Waals surface area contributed by atoms with Crippen molar-refractivity contribution >= 4 is 0 Å². The molecule has 9 nitrogen and oxygen atoms in total. The topological polar surface area (TPSA) is 182 Å². The van der Waals surface area contributed by atoms with E-state index < -0.39 is 59.2 Å². The Balaban J connectivity index is 2.04. The predicted octanol–water partition coefficient (Wildman–Crippen LogP) is -1.04. The van der Waals surface area contributed by atoms with Gasteiger partial charge in [-0.25, -0.2) is 0 Å². The molecule has 0 aromatic heterocycles. The van der Waals surface area contributed by atoms with E-state index in [-0.39, 0.29) is 57.4 Å². The van der Waals surface area contributed by atoms with Crippen molar-refractivity contribution in [2.75, 3.05) is 39.6 Å². The lowest BCUT2D eigenvalue weighted by atomic mass is 9.47. The van der Waals surface area contributed by atoms with E-state index in [2.05, 4.69) is 6.92 Å². The fraction of sp³-hybridized carbons (Fsp3) is 1.00. The van der Waals surface area contributed by atoms with Gasteiger partial charge in [0, 0.05) is 75.1 Å². The summed E-state index contributed by atoms with van der Waals surface area (Å²) < 4.78 is 0. The molecule has 0 aromatic rings. The van der Waals surface area contributed by atoms with Crippen LogP contribution in [0.2, 0.25) is 0 Å². The van der Waals surface area contributed by atoms with Crippen LogP contribution in [-0.2, 0) is 0 Å². The summed E-state index contributed by atoms with van der Waals surface area (Å²) in [6.07, 6.45) is 0.850. The summed E-state index contributed by atoms with van der Waals surface area (Å²) in [7, 11) is 0. The summed E-state index contributed by atoms with van der Waals surface area (Å²) in [5.41, 5.74) is -0.455. The summed E-state index contributed by atoms with van der Waals surface area (Å²) in [4.78, 5) is 0. The number of aliphatic hydroxyl groups excluding tert-OH is 9. The number of rotatable bonds is 9. The molecule has 6 unspecified atom stereocenters. The van der Waals surface area contributed by atoms with E-state index in [1.165, 1.54) is 0 Å². The highest BCUT2D eigenvalue weighted by molar-refractivity contribution is 5.04. The Morgan fingerprint density at radius 2 is 0.600 bits per heavy atom. The molecule has 0 spiro atoms. The van der Waals surface area contributed by atoms with Crippen LogP contribution >= 0.6 is 0 Å². The van der Waals surface area contributed by atoms with E-state index in [9.17, 15) is 46.0 Å². The molecule has 9 N–H and O–H groups in total. The van der Waals surface area contributed by atoms with Crippen LogP contribution < -0.4 is 0 Å². The van der Waals surface area contributed by atoms with Gasteiger partial charge in [0.05, 0.1) is 18.3 Å². The smallest absolute Gasteiger partial charge is 0.0640 e. The monoisotopic (exact) mass is 504 g/mol. The van der Waals surface area contributed by atoms with Gasteiger partial charge in [0.1, 0.15) is 0 Å². The molecule has 9 heteroatoms. The maximum absolute atomic E-state index is 10.7. The van der Waals surface area contributed by atoms with Crippen molar-refractivity contribution in [1.82, 2.24) is 0 Å². The molecule has 3 saturated carbocycles. The SMILES string of the molecule is CC(C1CC(CO)C(O)C(CO)C1)(C1CC(CO)C(O)C(CO)C1)C1CC(CO)C(O)C(CO)C1. The van der Waals surface area contributed by atoms with E-state index in [0.717, 1.165) is 0 Å². The summed E-state index contributed by atoms with van der Waals surface area (Å²) >= 11 is 0. The molecule has 3 fully saturated rings. The first-order chi connectivity index (χ1) is 16.7. The first-order valence-electron chi connectivity index (χ1n) is 13.4. The normalized spacial score (nSPS) is 46.8. The molecule has 3 rings (SSSR count). The van der Waals surface area contributed by atoms with Crippen molar-refractivity contribution in [2.45, 2.75) is 63.8 Å². The Kier molecular flexibility index (Phi) is 10.4. The molecule has 35 heavy (non-hydrogen) atoms. The second-order valence-electron chi connectivity index (χ2n) is 12.0. The van der Waals surface area contributed by atoms with E-state index in [4.69, 9.17) is 0 Å². The van der Waals surface area contributed by atoms with Gasteiger partial charge in [-0.1, -0.05) is 6.92 Å². The van der Waals surface area contributed by atoms with E-state index in [0.29, 0.717) is 38.5 Å². The average Bonchev–Trinajstić information content (AvgIpc) is 2.88. The Hall–Kier alpha value is -0.360.